The van der Waals surface area contributed by atoms with E-state index in [2.05, 4.69) is 15.4 Å². The summed E-state index contributed by atoms with van der Waals surface area (Å²) in [6.07, 6.45) is 0.556. The average molecular weight is 915 g/mol. The van der Waals surface area contributed by atoms with Gasteiger partial charge in [0.2, 0.25) is 35.4 Å². The standard InChI is InChI=1S/C13H9N3O6.C13H11N3O4.C8H3NO5.C5H11N3O2/c17-9-5-4-8(11(18)14-9)15-12(19)6-2-1-3-7(16(21)22)10(6)13(15)20;14-7-3-1-2-6-10(7)13(20)16(12(6)19)8-4-5-9(17)15-11(8)18;10-7-4-2-1-3-5(9(12)13)6(4)8(11)14-7;6-3(5(8)10)1-2-4(7)9/h1-3,8H,4-5H2,(H,14,17,18);1-3,8H,4-5,14H2,(H,15,17,18);1-3H;3H,1-2,6H2,(H2,7,9)(H2,8,10). The number of nitrogen functional groups attached to an aromatic ring is 1. The number of hydrogen-bond acceptors (Lipinski definition) is 19. The number of nitrogens with zero attached hydrogens (tertiary/aromatic N) is 4. The van der Waals surface area contributed by atoms with Crippen LogP contribution in [0, 0.1) is 20.2 Å². The minimum Gasteiger partial charge on any atom is -0.398 e. The number of nitro groups is 2. The first-order valence-electron chi connectivity index (χ1n) is 19.0. The summed E-state index contributed by atoms with van der Waals surface area (Å²) in [5, 5.41) is 25.7. The van der Waals surface area contributed by atoms with Gasteiger partial charge in [0.25, 0.3) is 35.0 Å². The van der Waals surface area contributed by atoms with Crippen LogP contribution in [-0.2, 0) is 33.5 Å². The van der Waals surface area contributed by atoms with E-state index >= 15 is 0 Å². The van der Waals surface area contributed by atoms with Gasteiger partial charge in [0.1, 0.15) is 17.6 Å². The number of rotatable bonds is 8. The SMILES string of the molecule is NC(=O)CCC(N)C(N)=O.Nc1cccc2c1C(=O)N(C1CCC(=O)NC1=O)C2=O.O=C1CCC(N2C(=O)c3cccc([N+](=O)[O-])c3C2=O)C(=O)N1.O=C1OC(=O)c2c1cccc2[N+](=O)[O-]. The predicted molar refractivity (Wildman–Crippen MR) is 216 cm³/mol. The van der Waals surface area contributed by atoms with E-state index in [-0.39, 0.29) is 77.6 Å². The number of carbonyl (C=O) groups excluding carboxylic acids is 12. The number of ether oxygens (including phenoxy) is 1. The summed E-state index contributed by atoms with van der Waals surface area (Å²) < 4.78 is 4.24. The van der Waals surface area contributed by atoms with Crippen molar-refractivity contribution in [1.82, 2.24) is 20.4 Å². The minimum absolute atomic E-state index is 0.00390. The molecule has 0 aromatic heterocycles. The number of primary amides is 2. The van der Waals surface area contributed by atoms with Crippen molar-refractivity contribution in [1.29, 1.82) is 0 Å². The van der Waals surface area contributed by atoms with Gasteiger partial charge >= 0.3 is 11.9 Å². The molecular formula is C39H34N10O17. The summed E-state index contributed by atoms with van der Waals surface area (Å²) in [7, 11) is 0. The molecule has 5 aliphatic heterocycles. The molecule has 0 bridgehead atoms. The highest BCUT2D eigenvalue weighted by molar-refractivity contribution is 6.26. The summed E-state index contributed by atoms with van der Waals surface area (Å²) >= 11 is 0. The first-order valence-corrected chi connectivity index (χ1v) is 19.0. The first-order chi connectivity index (χ1) is 31.1. The van der Waals surface area contributed by atoms with Crippen LogP contribution in [0.1, 0.15) is 101 Å². The topological polar surface area (TPSA) is 435 Å². The molecule has 0 aliphatic carbocycles. The molecule has 2 saturated heterocycles. The van der Waals surface area contributed by atoms with E-state index in [0.717, 1.165) is 17.0 Å². The van der Waals surface area contributed by atoms with Crippen LogP contribution in [-0.4, -0.2) is 109 Å². The monoisotopic (exact) mass is 914 g/mol. The Morgan fingerprint density at radius 3 is 1.53 bits per heavy atom. The van der Waals surface area contributed by atoms with E-state index < -0.39 is 110 Å². The number of benzene rings is 3. The van der Waals surface area contributed by atoms with Crippen LogP contribution in [0.2, 0.25) is 0 Å². The molecule has 2 fully saturated rings. The van der Waals surface area contributed by atoms with Crippen molar-refractivity contribution < 1.29 is 72.1 Å². The lowest BCUT2D eigenvalue weighted by atomic mass is 10.0. The Morgan fingerprint density at radius 2 is 1.09 bits per heavy atom. The highest BCUT2D eigenvalue weighted by Crippen LogP contribution is 2.34. The molecular weight excluding hydrogens is 880 g/mol. The van der Waals surface area contributed by atoms with Crippen LogP contribution < -0.4 is 33.6 Å². The second-order valence-electron chi connectivity index (χ2n) is 14.3. The molecule has 10 N–H and O–H groups in total. The lowest BCUT2D eigenvalue weighted by Gasteiger charge is -2.27. The minimum atomic E-state index is -1.13. The Balaban J connectivity index is 0.000000172. The second kappa shape index (κ2) is 19.5. The van der Waals surface area contributed by atoms with Gasteiger partial charge in [-0.2, -0.15) is 0 Å². The molecule has 27 nitrogen and oxygen atoms in total. The van der Waals surface area contributed by atoms with Crippen LogP contribution in [0.4, 0.5) is 17.1 Å². The molecule has 5 heterocycles. The maximum absolute atomic E-state index is 12.4. The highest BCUT2D eigenvalue weighted by atomic mass is 16.6. The molecule has 3 atom stereocenters. The number of piperidine rings is 2. The summed E-state index contributed by atoms with van der Waals surface area (Å²) in [4.78, 5) is 159. The number of nitro benzene ring substituents is 2. The van der Waals surface area contributed by atoms with E-state index in [1.165, 1.54) is 36.4 Å². The molecule has 5 aliphatic rings. The molecule has 0 spiro atoms. The highest BCUT2D eigenvalue weighted by Gasteiger charge is 2.48. The van der Waals surface area contributed by atoms with Crippen LogP contribution in [0.15, 0.2) is 54.6 Å². The molecule has 3 unspecified atom stereocenters. The maximum atomic E-state index is 12.4. The van der Waals surface area contributed by atoms with Crippen LogP contribution in [0.3, 0.4) is 0 Å². The van der Waals surface area contributed by atoms with Gasteiger partial charge in [-0.15, -0.1) is 0 Å². The number of imide groups is 4. The molecule has 8 rings (SSSR count). The fraction of sp³-hybridized carbons (Fsp3) is 0.231. The van der Waals surface area contributed by atoms with E-state index in [1.807, 2.05) is 0 Å². The third-order valence-electron chi connectivity index (χ3n) is 10.1. The van der Waals surface area contributed by atoms with Gasteiger partial charge in [-0.1, -0.05) is 18.2 Å². The van der Waals surface area contributed by atoms with Crippen molar-refractivity contribution in [3.63, 3.8) is 0 Å². The zero-order valence-electron chi connectivity index (χ0n) is 33.7. The number of cyclic esters (lactones) is 2. The number of hydrogen-bond donors (Lipinski definition) is 6. The van der Waals surface area contributed by atoms with Crippen molar-refractivity contribution >= 4 is 88.1 Å². The smallest absolute Gasteiger partial charge is 0.353 e. The quantitative estimate of drug-likeness (QED) is 0.0379. The lowest BCUT2D eigenvalue weighted by Crippen LogP contribution is -2.54. The van der Waals surface area contributed by atoms with Gasteiger partial charge in [-0.25, -0.2) is 9.59 Å². The molecule has 66 heavy (non-hydrogen) atoms. The molecule has 3 aromatic rings. The molecule has 27 heteroatoms. The van der Waals surface area contributed by atoms with Gasteiger partial charge < -0.3 is 27.7 Å². The van der Waals surface area contributed by atoms with Gasteiger partial charge in [0, 0.05) is 37.1 Å². The zero-order valence-corrected chi connectivity index (χ0v) is 33.7. The third-order valence-corrected chi connectivity index (χ3v) is 10.1. The molecule has 0 radical (unpaired) electrons. The Labute approximate surface area is 368 Å². The fourth-order valence-corrected chi connectivity index (χ4v) is 6.90. The predicted octanol–water partition coefficient (Wildman–Crippen LogP) is -1.36. The van der Waals surface area contributed by atoms with Crippen LogP contribution in [0.25, 0.3) is 0 Å². The number of nitrogens with two attached hydrogens (primary N) is 4. The Kier molecular flexibility index (Phi) is 14.1. The van der Waals surface area contributed by atoms with Crippen molar-refractivity contribution in [3.05, 3.63) is 108 Å². The second-order valence-corrected chi connectivity index (χ2v) is 14.3. The Morgan fingerprint density at radius 1 is 0.652 bits per heavy atom. The first kappa shape index (κ1) is 47.9. The number of carbonyl (C=O) groups is 12. The van der Waals surface area contributed by atoms with Gasteiger partial charge in [0.15, 0.2) is 5.56 Å². The maximum Gasteiger partial charge on any atom is 0.353 e. The van der Waals surface area contributed by atoms with Gasteiger partial charge in [0.05, 0.1) is 38.1 Å². The van der Waals surface area contributed by atoms with Crippen LogP contribution in [0.5, 0.6) is 0 Å². The molecule has 10 amide bonds. The lowest BCUT2D eigenvalue weighted by molar-refractivity contribution is -0.385. The summed E-state index contributed by atoms with van der Waals surface area (Å²) in [5.41, 5.74) is 19.4. The number of fused-ring (bicyclic) bond motifs is 3. The van der Waals surface area contributed by atoms with E-state index in [9.17, 15) is 77.8 Å². The van der Waals surface area contributed by atoms with Crippen LogP contribution >= 0.6 is 0 Å². The number of amides is 10. The Hall–Kier alpha value is -9.14. The number of esters is 2. The van der Waals surface area contributed by atoms with E-state index in [1.54, 1.807) is 6.07 Å². The molecule has 3 aromatic carbocycles. The fourth-order valence-electron chi connectivity index (χ4n) is 6.90. The molecule has 0 saturated carbocycles. The normalized spacial score (nSPS) is 18.4. The van der Waals surface area contributed by atoms with Gasteiger partial charge in [-0.05, 0) is 43.5 Å². The number of nitrogens with one attached hydrogen (secondary N) is 2. The van der Waals surface area contributed by atoms with Crippen molar-refractivity contribution in [2.45, 2.75) is 56.7 Å². The van der Waals surface area contributed by atoms with Crippen molar-refractivity contribution in [2.75, 3.05) is 5.73 Å². The average Bonchev–Trinajstić information content (AvgIpc) is 3.80. The summed E-state index contributed by atoms with van der Waals surface area (Å²) in [6.45, 7) is 0. The number of anilines is 1. The van der Waals surface area contributed by atoms with Crippen molar-refractivity contribution in [2.24, 2.45) is 17.2 Å². The zero-order chi connectivity index (χ0) is 48.9. The summed E-state index contributed by atoms with van der Waals surface area (Å²) in [6, 6.07) is 9.27. The largest absolute Gasteiger partial charge is 0.398 e. The summed E-state index contributed by atoms with van der Waals surface area (Å²) in [5.74, 6) is -7.94. The van der Waals surface area contributed by atoms with Gasteiger partial charge in [-0.3, -0.25) is 88.6 Å². The third kappa shape index (κ3) is 9.73. The van der Waals surface area contributed by atoms with E-state index in [4.69, 9.17) is 22.9 Å². The van der Waals surface area contributed by atoms with E-state index in [0.29, 0.717) is 4.90 Å². The van der Waals surface area contributed by atoms with Crippen molar-refractivity contribution in [3.8, 4) is 0 Å². The molecule has 342 valence electrons. The Bertz CT molecular complexity index is 2720.